The van der Waals surface area contributed by atoms with Crippen molar-refractivity contribution in [2.75, 3.05) is 6.61 Å². The molecule has 2 saturated heterocycles. The van der Waals surface area contributed by atoms with E-state index in [2.05, 4.69) is 0 Å². The molecule has 4 atom stereocenters. The van der Waals surface area contributed by atoms with Crippen molar-refractivity contribution >= 4 is 18.0 Å². The second-order valence-corrected chi connectivity index (χ2v) is 7.66. The van der Waals surface area contributed by atoms with Crippen molar-refractivity contribution in [1.82, 2.24) is 4.90 Å². The van der Waals surface area contributed by atoms with Crippen LogP contribution in [0.3, 0.4) is 0 Å². The third-order valence-corrected chi connectivity index (χ3v) is 5.27. The van der Waals surface area contributed by atoms with Crippen LogP contribution in [0.4, 0.5) is 4.79 Å². The molecule has 2 heterocycles. The van der Waals surface area contributed by atoms with E-state index in [1.54, 1.807) is 0 Å². The molecule has 0 spiro atoms. The fourth-order valence-corrected chi connectivity index (χ4v) is 3.84. The van der Waals surface area contributed by atoms with Crippen molar-refractivity contribution in [3.05, 3.63) is 35.9 Å². The largest absolute Gasteiger partial charge is 0.456 e. The molecule has 0 aromatic heterocycles. The normalized spacial score (nSPS) is 28.6. The lowest BCUT2D eigenvalue weighted by Gasteiger charge is -2.29. The van der Waals surface area contributed by atoms with E-state index in [9.17, 15) is 14.4 Å². The topological polar surface area (TPSA) is 72.9 Å². The number of nitrogens with zero attached hydrogens (tertiary/aromatic N) is 1. The quantitative estimate of drug-likeness (QED) is 0.772. The van der Waals surface area contributed by atoms with E-state index < -0.39 is 24.0 Å². The van der Waals surface area contributed by atoms with Gasteiger partial charge in [0, 0.05) is 0 Å². The Labute approximate surface area is 153 Å². The molecule has 0 bridgehead atoms. The summed E-state index contributed by atoms with van der Waals surface area (Å²) in [7, 11) is 0. The summed E-state index contributed by atoms with van der Waals surface area (Å²) in [4.78, 5) is 39.4. The Balaban J connectivity index is 2.00. The highest BCUT2D eigenvalue weighted by atomic mass is 16.6. The number of carbonyl (C=O) groups excluding carboxylic acids is 3. The molecule has 1 aromatic carbocycles. The highest BCUT2D eigenvalue weighted by Gasteiger charge is 2.54. The number of hydrogen-bond donors (Lipinski definition) is 0. The molecule has 0 N–H and O–H groups in total. The molecule has 6 nitrogen and oxygen atoms in total. The average molecular weight is 359 g/mol. The van der Waals surface area contributed by atoms with Gasteiger partial charge in [0.1, 0.15) is 12.7 Å². The minimum atomic E-state index is -0.739. The van der Waals surface area contributed by atoms with Crippen molar-refractivity contribution in [2.45, 2.75) is 39.8 Å². The number of rotatable bonds is 4. The Kier molecular flexibility index (Phi) is 5.03. The van der Waals surface area contributed by atoms with Crippen LogP contribution in [0.15, 0.2) is 30.3 Å². The standard InChI is InChI=1S/C20H25NO5/c1-11(2)14-10-25-20(24)21(14)18(22)16-15(12(3)4)19(23)26-17(16)13-8-6-5-7-9-13/h5-9,11-12,14-17H,10H2,1-4H3/t14-,15+,16+,17+/m1/s1. The smallest absolute Gasteiger partial charge is 0.416 e. The van der Waals surface area contributed by atoms with Gasteiger partial charge in [-0.15, -0.1) is 0 Å². The maximum absolute atomic E-state index is 13.4. The Morgan fingerprint density at radius 3 is 2.31 bits per heavy atom. The summed E-state index contributed by atoms with van der Waals surface area (Å²) in [6, 6.07) is 8.90. The van der Waals surface area contributed by atoms with Crippen LogP contribution in [0.1, 0.15) is 39.4 Å². The van der Waals surface area contributed by atoms with E-state index in [1.807, 2.05) is 58.0 Å². The Morgan fingerprint density at radius 2 is 1.73 bits per heavy atom. The molecule has 0 aliphatic carbocycles. The van der Waals surface area contributed by atoms with Crippen molar-refractivity contribution in [2.24, 2.45) is 23.7 Å². The van der Waals surface area contributed by atoms with E-state index in [0.29, 0.717) is 0 Å². The molecule has 2 aliphatic heterocycles. The molecule has 3 rings (SSSR count). The van der Waals surface area contributed by atoms with Gasteiger partial charge in [-0.25, -0.2) is 9.69 Å². The number of cyclic esters (lactones) is 2. The molecule has 26 heavy (non-hydrogen) atoms. The van der Waals surface area contributed by atoms with Crippen LogP contribution in [0.5, 0.6) is 0 Å². The minimum absolute atomic E-state index is 0.0658. The molecule has 0 radical (unpaired) electrons. The van der Waals surface area contributed by atoms with E-state index in [0.717, 1.165) is 5.56 Å². The van der Waals surface area contributed by atoms with Crippen molar-refractivity contribution in [3.63, 3.8) is 0 Å². The van der Waals surface area contributed by atoms with E-state index in [4.69, 9.17) is 9.47 Å². The summed E-state index contributed by atoms with van der Waals surface area (Å²) in [5, 5.41) is 0. The summed E-state index contributed by atoms with van der Waals surface area (Å²) in [5.74, 6) is -2.12. The van der Waals surface area contributed by atoms with Crippen LogP contribution in [0.25, 0.3) is 0 Å². The van der Waals surface area contributed by atoms with E-state index >= 15 is 0 Å². The van der Waals surface area contributed by atoms with Gasteiger partial charge in [0.25, 0.3) is 0 Å². The number of carbonyl (C=O) groups is 3. The zero-order chi connectivity index (χ0) is 19.0. The van der Waals surface area contributed by atoms with Crippen LogP contribution < -0.4 is 0 Å². The van der Waals surface area contributed by atoms with Gasteiger partial charge in [-0.2, -0.15) is 0 Å². The number of amides is 2. The van der Waals surface area contributed by atoms with Crippen molar-refractivity contribution < 1.29 is 23.9 Å². The van der Waals surface area contributed by atoms with Crippen LogP contribution in [0, 0.1) is 23.7 Å². The van der Waals surface area contributed by atoms with Crippen LogP contribution >= 0.6 is 0 Å². The number of esters is 1. The molecular weight excluding hydrogens is 334 g/mol. The molecule has 2 amide bonds. The van der Waals surface area contributed by atoms with Gasteiger partial charge in [0.2, 0.25) is 5.91 Å². The molecular formula is C20H25NO5. The SMILES string of the molecule is CC(C)[C@H]1COC(=O)N1C(=O)[C@@H]1[C@H](c2ccccc2)OC(=O)[C@H]1C(C)C. The van der Waals surface area contributed by atoms with Gasteiger partial charge in [-0.3, -0.25) is 9.59 Å². The molecule has 1 aromatic rings. The van der Waals surface area contributed by atoms with Gasteiger partial charge < -0.3 is 9.47 Å². The maximum atomic E-state index is 13.4. The molecule has 2 aliphatic rings. The Morgan fingerprint density at radius 1 is 1.08 bits per heavy atom. The first-order chi connectivity index (χ1) is 12.3. The molecule has 6 heteroatoms. The summed E-state index contributed by atoms with van der Waals surface area (Å²) >= 11 is 0. The molecule has 2 fully saturated rings. The van der Waals surface area contributed by atoms with Crippen LogP contribution in [0.2, 0.25) is 0 Å². The predicted molar refractivity (Wildman–Crippen MR) is 93.9 cm³/mol. The monoisotopic (exact) mass is 359 g/mol. The minimum Gasteiger partial charge on any atom is -0.456 e. The lowest BCUT2D eigenvalue weighted by molar-refractivity contribution is -0.145. The molecule has 140 valence electrons. The first-order valence-corrected chi connectivity index (χ1v) is 9.08. The molecule has 0 unspecified atom stereocenters. The Hall–Kier alpha value is -2.37. The second-order valence-electron chi connectivity index (χ2n) is 7.66. The summed E-state index contributed by atoms with van der Waals surface area (Å²) in [6.07, 6.45) is -1.33. The Bertz CT molecular complexity index is 699. The first-order valence-electron chi connectivity index (χ1n) is 9.08. The highest BCUT2D eigenvalue weighted by Crippen LogP contribution is 2.44. The zero-order valence-electron chi connectivity index (χ0n) is 15.5. The number of benzene rings is 1. The predicted octanol–water partition coefficient (Wildman–Crippen LogP) is 3.18. The number of ether oxygens (including phenoxy) is 2. The van der Waals surface area contributed by atoms with E-state index in [1.165, 1.54) is 4.90 Å². The van der Waals surface area contributed by atoms with Gasteiger partial charge >= 0.3 is 12.1 Å². The maximum Gasteiger partial charge on any atom is 0.416 e. The van der Waals surface area contributed by atoms with Crippen LogP contribution in [-0.4, -0.2) is 35.5 Å². The van der Waals surface area contributed by atoms with Crippen LogP contribution in [-0.2, 0) is 19.1 Å². The molecule has 0 saturated carbocycles. The fraction of sp³-hybridized carbons (Fsp3) is 0.550. The lowest BCUT2D eigenvalue weighted by Crippen LogP contribution is -2.47. The number of imide groups is 1. The van der Waals surface area contributed by atoms with E-state index in [-0.39, 0.29) is 36.4 Å². The summed E-state index contributed by atoms with van der Waals surface area (Å²) < 4.78 is 10.7. The third-order valence-electron chi connectivity index (χ3n) is 5.27. The lowest BCUT2D eigenvalue weighted by atomic mass is 9.79. The van der Waals surface area contributed by atoms with Gasteiger partial charge in [-0.05, 0) is 17.4 Å². The third kappa shape index (κ3) is 3.08. The first kappa shape index (κ1) is 18.4. The average Bonchev–Trinajstić information content (AvgIpc) is 3.15. The summed E-state index contributed by atoms with van der Waals surface area (Å²) in [5.41, 5.74) is 0.760. The summed E-state index contributed by atoms with van der Waals surface area (Å²) in [6.45, 7) is 7.85. The van der Waals surface area contributed by atoms with Crippen molar-refractivity contribution in [3.8, 4) is 0 Å². The second kappa shape index (κ2) is 7.09. The van der Waals surface area contributed by atoms with Gasteiger partial charge in [-0.1, -0.05) is 58.0 Å². The number of hydrogen-bond acceptors (Lipinski definition) is 5. The van der Waals surface area contributed by atoms with Gasteiger partial charge in [0.05, 0.1) is 17.9 Å². The van der Waals surface area contributed by atoms with Crippen molar-refractivity contribution in [1.29, 1.82) is 0 Å². The zero-order valence-corrected chi connectivity index (χ0v) is 15.5. The van der Waals surface area contributed by atoms with Gasteiger partial charge in [0.15, 0.2) is 0 Å². The highest BCUT2D eigenvalue weighted by molar-refractivity contribution is 5.98. The fourth-order valence-electron chi connectivity index (χ4n) is 3.84.